The first-order valence-electron chi connectivity index (χ1n) is 5.81. The van der Waals surface area contributed by atoms with Gasteiger partial charge in [-0.1, -0.05) is 17.7 Å². The summed E-state index contributed by atoms with van der Waals surface area (Å²) in [5, 5.41) is 12.4. The molecular weight excluding hydrogens is 270 g/mol. The van der Waals surface area contributed by atoms with Gasteiger partial charge in [0.05, 0.1) is 19.3 Å². The maximum Gasteiger partial charge on any atom is 0.313 e. The molecule has 0 bridgehead atoms. The number of aliphatic carboxylic acids is 1. The Morgan fingerprint density at radius 1 is 1.53 bits per heavy atom. The molecule has 1 aliphatic heterocycles. The Hall–Kier alpha value is -1.59. The Bertz CT molecular complexity index is 519. The highest BCUT2D eigenvalue weighted by Gasteiger charge is 2.47. The van der Waals surface area contributed by atoms with Gasteiger partial charge in [0.2, 0.25) is 0 Å². The molecule has 0 aromatic heterocycles. The molecule has 5 nitrogen and oxygen atoms in total. The van der Waals surface area contributed by atoms with E-state index in [-0.39, 0.29) is 19.1 Å². The number of carboxylic acid groups (broad SMARTS) is 1. The number of carbonyl (C=O) groups excluding carboxylic acids is 1. The van der Waals surface area contributed by atoms with Crippen molar-refractivity contribution in [3.05, 3.63) is 34.9 Å². The van der Waals surface area contributed by atoms with E-state index in [0.29, 0.717) is 10.6 Å². The molecule has 6 heteroatoms. The summed E-state index contributed by atoms with van der Waals surface area (Å²) >= 11 is 5.81. The van der Waals surface area contributed by atoms with E-state index in [4.69, 9.17) is 16.3 Å². The summed E-state index contributed by atoms with van der Waals surface area (Å²) < 4.78 is 5.17. The van der Waals surface area contributed by atoms with Crippen molar-refractivity contribution in [3.63, 3.8) is 0 Å². The van der Waals surface area contributed by atoms with Crippen molar-refractivity contribution in [1.29, 1.82) is 0 Å². The van der Waals surface area contributed by atoms with Crippen molar-refractivity contribution < 1.29 is 19.4 Å². The second-order valence-corrected chi connectivity index (χ2v) is 5.21. The molecule has 2 rings (SSSR count). The van der Waals surface area contributed by atoms with Crippen LogP contribution in [0.1, 0.15) is 17.3 Å². The maximum atomic E-state index is 12.0. The monoisotopic (exact) mass is 283 g/mol. The summed E-state index contributed by atoms with van der Waals surface area (Å²) in [6, 6.07) is 5.92. The van der Waals surface area contributed by atoms with E-state index in [1.807, 2.05) is 0 Å². The van der Waals surface area contributed by atoms with Crippen LogP contribution in [0.25, 0.3) is 0 Å². The van der Waals surface area contributed by atoms with Crippen molar-refractivity contribution in [1.82, 2.24) is 5.32 Å². The van der Waals surface area contributed by atoms with Gasteiger partial charge in [0.15, 0.2) is 0 Å². The molecule has 1 fully saturated rings. The van der Waals surface area contributed by atoms with E-state index in [0.717, 1.165) is 0 Å². The van der Waals surface area contributed by atoms with E-state index in [2.05, 4.69) is 5.32 Å². The average molecular weight is 284 g/mol. The fourth-order valence-corrected chi connectivity index (χ4v) is 2.15. The number of hydrogen-bond acceptors (Lipinski definition) is 3. The van der Waals surface area contributed by atoms with Gasteiger partial charge in [-0.05, 0) is 25.1 Å². The third kappa shape index (κ3) is 2.72. The zero-order valence-corrected chi connectivity index (χ0v) is 11.1. The van der Waals surface area contributed by atoms with Crippen molar-refractivity contribution in [2.45, 2.75) is 13.0 Å². The number of amides is 1. The molecule has 1 aliphatic rings. The van der Waals surface area contributed by atoms with Gasteiger partial charge in [0.1, 0.15) is 5.41 Å². The lowest BCUT2D eigenvalue weighted by molar-refractivity contribution is -0.148. The molecular formula is C13H14ClNO4. The standard InChI is InChI=1S/C13H14ClNO4/c1-13(12(17)18)7-19-6-10(13)15-11(16)8-3-2-4-9(14)5-8/h2-5,10H,6-7H2,1H3,(H,15,16)(H,17,18). The Balaban J connectivity index is 2.13. The molecule has 2 N–H and O–H groups in total. The number of halogens is 1. The van der Waals surface area contributed by atoms with Crippen molar-refractivity contribution in [3.8, 4) is 0 Å². The molecule has 0 saturated carbocycles. The number of hydrogen-bond donors (Lipinski definition) is 2. The second-order valence-electron chi connectivity index (χ2n) is 4.77. The Labute approximate surface area is 115 Å². The second kappa shape index (κ2) is 5.19. The number of carbonyl (C=O) groups is 2. The zero-order valence-electron chi connectivity index (χ0n) is 10.4. The van der Waals surface area contributed by atoms with Crippen LogP contribution < -0.4 is 5.32 Å². The zero-order chi connectivity index (χ0) is 14.0. The fraction of sp³-hybridized carbons (Fsp3) is 0.385. The summed E-state index contributed by atoms with van der Waals surface area (Å²) in [5.74, 6) is -1.34. The summed E-state index contributed by atoms with van der Waals surface area (Å²) in [6.07, 6.45) is 0. The highest BCUT2D eigenvalue weighted by Crippen LogP contribution is 2.29. The van der Waals surface area contributed by atoms with Gasteiger partial charge in [0, 0.05) is 10.6 Å². The van der Waals surface area contributed by atoms with Crippen LogP contribution in [0.15, 0.2) is 24.3 Å². The van der Waals surface area contributed by atoms with Crippen LogP contribution in [0, 0.1) is 5.41 Å². The van der Waals surface area contributed by atoms with Crippen LogP contribution in [-0.4, -0.2) is 36.2 Å². The van der Waals surface area contributed by atoms with E-state index in [9.17, 15) is 14.7 Å². The third-order valence-corrected chi connectivity index (χ3v) is 3.57. The van der Waals surface area contributed by atoms with Gasteiger partial charge < -0.3 is 15.2 Å². The van der Waals surface area contributed by atoms with Gasteiger partial charge in [0.25, 0.3) is 5.91 Å². The lowest BCUT2D eigenvalue weighted by atomic mass is 9.85. The minimum absolute atomic E-state index is 0.0861. The molecule has 2 atom stereocenters. The van der Waals surface area contributed by atoms with Crippen LogP contribution in [0.3, 0.4) is 0 Å². The van der Waals surface area contributed by atoms with E-state index < -0.39 is 17.4 Å². The van der Waals surface area contributed by atoms with Crippen LogP contribution in [0.4, 0.5) is 0 Å². The number of rotatable bonds is 3. The van der Waals surface area contributed by atoms with Crippen LogP contribution in [-0.2, 0) is 9.53 Å². The first kappa shape index (κ1) is 13.8. The molecule has 0 radical (unpaired) electrons. The number of carboxylic acids is 1. The average Bonchev–Trinajstić information content (AvgIpc) is 2.72. The molecule has 0 spiro atoms. The number of benzene rings is 1. The van der Waals surface area contributed by atoms with Crippen LogP contribution in [0.5, 0.6) is 0 Å². The first-order valence-corrected chi connectivity index (χ1v) is 6.19. The molecule has 1 amide bonds. The fourth-order valence-electron chi connectivity index (χ4n) is 1.96. The predicted molar refractivity (Wildman–Crippen MR) is 69.3 cm³/mol. The van der Waals surface area contributed by atoms with Crippen LogP contribution >= 0.6 is 11.6 Å². The highest BCUT2D eigenvalue weighted by molar-refractivity contribution is 6.30. The van der Waals surface area contributed by atoms with Gasteiger partial charge in [-0.2, -0.15) is 0 Å². The van der Waals surface area contributed by atoms with E-state index in [1.54, 1.807) is 25.1 Å². The Kier molecular flexibility index (Phi) is 3.78. The molecule has 1 aromatic carbocycles. The van der Waals surface area contributed by atoms with E-state index >= 15 is 0 Å². The summed E-state index contributed by atoms with van der Waals surface area (Å²) in [6.45, 7) is 1.84. The highest BCUT2D eigenvalue weighted by atomic mass is 35.5. The molecule has 0 aliphatic carbocycles. The third-order valence-electron chi connectivity index (χ3n) is 3.34. The summed E-state index contributed by atoms with van der Waals surface area (Å²) in [7, 11) is 0. The van der Waals surface area contributed by atoms with E-state index in [1.165, 1.54) is 6.07 Å². The van der Waals surface area contributed by atoms with Gasteiger partial charge >= 0.3 is 5.97 Å². The molecule has 2 unspecified atom stereocenters. The first-order chi connectivity index (χ1) is 8.93. The Morgan fingerprint density at radius 3 is 2.89 bits per heavy atom. The van der Waals surface area contributed by atoms with Crippen molar-refractivity contribution in [2.24, 2.45) is 5.41 Å². The predicted octanol–water partition coefficient (Wildman–Crippen LogP) is 1.56. The summed E-state index contributed by atoms with van der Waals surface area (Å²) in [5.41, 5.74) is -0.707. The molecule has 102 valence electrons. The molecule has 1 aromatic rings. The Morgan fingerprint density at radius 2 is 2.26 bits per heavy atom. The topological polar surface area (TPSA) is 75.6 Å². The van der Waals surface area contributed by atoms with Crippen molar-refractivity contribution in [2.75, 3.05) is 13.2 Å². The molecule has 1 saturated heterocycles. The largest absolute Gasteiger partial charge is 0.481 e. The quantitative estimate of drug-likeness (QED) is 0.883. The van der Waals surface area contributed by atoms with Crippen LogP contribution in [0.2, 0.25) is 5.02 Å². The lowest BCUT2D eigenvalue weighted by Gasteiger charge is -2.25. The number of ether oxygens (including phenoxy) is 1. The number of nitrogens with one attached hydrogen (secondary N) is 1. The van der Waals surface area contributed by atoms with Gasteiger partial charge in [-0.3, -0.25) is 9.59 Å². The van der Waals surface area contributed by atoms with Crippen molar-refractivity contribution >= 4 is 23.5 Å². The van der Waals surface area contributed by atoms with Gasteiger partial charge in [-0.15, -0.1) is 0 Å². The lowest BCUT2D eigenvalue weighted by Crippen LogP contribution is -2.49. The molecule has 1 heterocycles. The summed E-state index contributed by atoms with van der Waals surface area (Å²) in [4.78, 5) is 23.3. The minimum atomic E-state index is -1.10. The SMILES string of the molecule is CC1(C(=O)O)COCC1NC(=O)c1cccc(Cl)c1. The smallest absolute Gasteiger partial charge is 0.313 e. The molecule has 19 heavy (non-hydrogen) atoms. The minimum Gasteiger partial charge on any atom is -0.481 e. The normalized spacial score (nSPS) is 26.1. The maximum absolute atomic E-state index is 12.0. The van der Waals surface area contributed by atoms with Gasteiger partial charge in [-0.25, -0.2) is 0 Å².